The first-order valence-corrected chi connectivity index (χ1v) is 14.4. The van der Waals surface area contributed by atoms with Crippen LogP contribution in [0.3, 0.4) is 0 Å². The van der Waals surface area contributed by atoms with E-state index >= 15 is 0 Å². The van der Waals surface area contributed by atoms with Crippen molar-refractivity contribution in [3.63, 3.8) is 0 Å². The van der Waals surface area contributed by atoms with Crippen LogP contribution >= 0.6 is 0 Å². The lowest BCUT2D eigenvalue weighted by atomic mass is 10.00. The van der Waals surface area contributed by atoms with E-state index in [1.807, 2.05) is 56.3 Å². The fourth-order valence-electron chi connectivity index (χ4n) is 4.75. The third-order valence-electron chi connectivity index (χ3n) is 6.90. The second kappa shape index (κ2) is 11.0. The van der Waals surface area contributed by atoms with Gasteiger partial charge in [0, 0.05) is 56.7 Å². The van der Waals surface area contributed by atoms with Crippen LogP contribution in [0.4, 0.5) is 11.6 Å². The summed E-state index contributed by atoms with van der Waals surface area (Å²) in [6.45, 7) is 11.3. The summed E-state index contributed by atoms with van der Waals surface area (Å²) >= 11 is 0. The van der Waals surface area contributed by atoms with Gasteiger partial charge in [-0.2, -0.15) is 10.1 Å². The lowest BCUT2D eigenvalue weighted by Gasteiger charge is -2.35. The van der Waals surface area contributed by atoms with Gasteiger partial charge in [0.05, 0.1) is 11.9 Å². The Hall–Kier alpha value is -3.96. The average Bonchev–Trinajstić information content (AvgIpc) is 3.36. The molecule has 1 fully saturated rings. The van der Waals surface area contributed by atoms with Crippen LogP contribution in [0.2, 0.25) is 0 Å². The quantitative estimate of drug-likeness (QED) is 0.349. The summed E-state index contributed by atoms with van der Waals surface area (Å²) in [5, 5.41) is 3.96. The zero-order chi connectivity index (χ0) is 27.6. The monoisotopic (exact) mass is 547 g/mol. The molecule has 0 radical (unpaired) electrons. The molecule has 0 unspecified atom stereocenters. The molecule has 2 aromatic heterocycles. The standard InChI is InChI=1S/C28H33N7O3S/c1-5-34-13-15-35(16-14-34)22-9-11-23(12-10-22)38-26-17-25(27-20(2)7-6-8-21(27)3)30-28(31-26)32-39(36,37)24-18-29-33(4)19-24/h6-12,17-19H,5,13-16H2,1-4H3,(H,30,31,32). The maximum Gasteiger partial charge on any atom is 0.267 e. The Labute approximate surface area is 229 Å². The Morgan fingerprint density at radius 2 is 1.67 bits per heavy atom. The van der Waals surface area contributed by atoms with E-state index in [1.54, 1.807) is 13.1 Å². The number of benzene rings is 2. The van der Waals surface area contributed by atoms with E-state index in [4.69, 9.17) is 4.74 Å². The molecule has 5 rings (SSSR count). The highest BCUT2D eigenvalue weighted by molar-refractivity contribution is 7.92. The Bertz CT molecular complexity index is 1540. The van der Waals surface area contributed by atoms with Crippen molar-refractivity contribution in [2.75, 3.05) is 42.3 Å². The predicted molar refractivity (Wildman–Crippen MR) is 152 cm³/mol. The second-order valence-electron chi connectivity index (χ2n) is 9.65. The van der Waals surface area contributed by atoms with Gasteiger partial charge in [0.25, 0.3) is 10.0 Å². The zero-order valence-corrected chi connectivity index (χ0v) is 23.4. The van der Waals surface area contributed by atoms with Crippen molar-refractivity contribution in [1.82, 2.24) is 24.6 Å². The van der Waals surface area contributed by atoms with Gasteiger partial charge in [-0.05, 0) is 55.8 Å². The number of piperazine rings is 1. The number of likely N-dealkylation sites (N-methyl/N-ethyl adjacent to an activating group) is 1. The normalized spacial score (nSPS) is 14.4. The molecule has 1 saturated heterocycles. The molecule has 4 aromatic rings. The number of anilines is 2. The Kier molecular flexibility index (Phi) is 7.53. The molecule has 0 spiro atoms. The number of hydrogen-bond acceptors (Lipinski definition) is 8. The first kappa shape index (κ1) is 26.6. The zero-order valence-electron chi connectivity index (χ0n) is 22.6. The summed E-state index contributed by atoms with van der Waals surface area (Å²) in [5.74, 6) is 0.744. The van der Waals surface area contributed by atoms with Crippen molar-refractivity contribution < 1.29 is 13.2 Å². The topological polar surface area (TPSA) is 105 Å². The highest BCUT2D eigenvalue weighted by atomic mass is 32.2. The van der Waals surface area contributed by atoms with Gasteiger partial charge < -0.3 is 14.5 Å². The lowest BCUT2D eigenvalue weighted by Crippen LogP contribution is -2.46. The van der Waals surface area contributed by atoms with Crippen LogP contribution in [0.5, 0.6) is 11.6 Å². The third-order valence-corrected chi connectivity index (χ3v) is 8.18. The highest BCUT2D eigenvalue weighted by Crippen LogP contribution is 2.31. The highest BCUT2D eigenvalue weighted by Gasteiger charge is 2.21. The number of hydrogen-bond donors (Lipinski definition) is 1. The molecular weight excluding hydrogens is 514 g/mol. The molecular formula is C28H33N7O3S. The van der Waals surface area contributed by atoms with E-state index in [-0.39, 0.29) is 16.7 Å². The van der Waals surface area contributed by atoms with Gasteiger partial charge in [-0.3, -0.25) is 4.68 Å². The van der Waals surface area contributed by atoms with Crippen LogP contribution in [0.25, 0.3) is 11.3 Å². The van der Waals surface area contributed by atoms with Crippen molar-refractivity contribution in [3.05, 3.63) is 72.1 Å². The molecule has 1 aliphatic rings. The predicted octanol–water partition coefficient (Wildman–Crippen LogP) is 4.23. The van der Waals surface area contributed by atoms with E-state index in [2.05, 4.69) is 36.5 Å². The summed E-state index contributed by atoms with van der Waals surface area (Å²) in [6.07, 6.45) is 2.69. The van der Waals surface area contributed by atoms with Crippen LogP contribution in [0, 0.1) is 13.8 Å². The van der Waals surface area contributed by atoms with Crippen LogP contribution in [0.1, 0.15) is 18.1 Å². The van der Waals surface area contributed by atoms with Crippen LogP contribution in [-0.4, -0.2) is 65.8 Å². The Morgan fingerprint density at radius 1 is 0.974 bits per heavy atom. The minimum Gasteiger partial charge on any atom is -0.439 e. The molecule has 1 N–H and O–H groups in total. The first-order chi connectivity index (χ1) is 18.7. The van der Waals surface area contributed by atoms with Gasteiger partial charge in [0.2, 0.25) is 11.8 Å². The van der Waals surface area contributed by atoms with Gasteiger partial charge in [-0.25, -0.2) is 18.1 Å². The van der Waals surface area contributed by atoms with E-state index in [9.17, 15) is 8.42 Å². The van der Waals surface area contributed by atoms with Crippen LogP contribution < -0.4 is 14.4 Å². The molecule has 1 aliphatic heterocycles. The van der Waals surface area contributed by atoms with Crippen molar-refractivity contribution in [2.45, 2.75) is 25.7 Å². The smallest absolute Gasteiger partial charge is 0.267 e. The van der Waals surface area contributed by atoms with E-state index in [1.165, 1.54) is 17.1 Å². The largest absolute Gasteiger partial charge is 0.439 e. The van der Waals surface area contributed by atoms with Crippen molar-refractivity contribution in [1.29, 1.82) is 0 Å². The van der Waals surface area contributed by atoms with Gasteiger partial charge in [-0.1, -0.05) is 25.1 Å². The Morgan fingerprint density at radius 3 is 2.28 bits per heavy atom. The van der Waals surface area contributed by atoms with E-state index in [0.29, 0.717) is 11.4 Å². The molecule has 204 valence electrons. The van der Waals surface area contributed by atoms with Crippen LogP contribution in [-0.2, 0) is 17.1 Å². The minimum absolute atomic E-state index is 0.0175. The molecule has 0 aliphatic carbocycles. The number of rotatable bonds is 8. The summed E-state index contributed by atoms with van der Waals surface area (Å²) in [6, 6.07) is 15.6. The third kappa shape index (κ3) is 6.04. The second-order valence-corrected chi connectivity index (χ2v) is 11.3. The molecule has 10 nitrogen and oxygen atoms in total. The first-order valence-electron chi connectivity index (χ1n) is 12.9. The van der Waals surface area contributed by atoms with E-state index < -0.39 is 10.0 Å². The number of sulfonamides is 1. The lowest BCUT2D eigenvalue weighted by molar-refractivity contribution is 0.271. The maximum absolute atomic E-state index is 13.0. The van der Waals surface area contributed by atoms with E-state index in [0.717, 1.165) is 55.1 Å². The fourth-order valence-corrected chi connectivity index (χ4v) is 5.68. The summed E-state index contributed by atoms with van der Waals surface area (Å²) in [5.41, 5.74) is 4.61. The molecule has 0 atom stereocenters. The van der Waals surface area contributed by atoms with Crippen molar-refractivity contribution >= 4 is 21.7 Å². The summed E-state index contributed by atoms with van der Waals surface area (Å²) in [4.78, 5) is 13.8. The molecule has 0 saturated carbocycles. The van der Waals surface area contributed by atoms with Crippen LogP contribution in [0.15, 0.2) is 65.8 Å². The number of nitrogens with one attached hydrogen (secondary N) is 1. The number of aryl methyl sites for hydroxylation is 3. The number of nitrogens with zero attached hydrogens (tertiary/aromatic N) is 6. The molecule has 2 aromatic carbocycles. The van der Waals surface area contributed by atoms with Gasteiger partial charge in [-0.15, -0.1) is 0 Å². The van der Waals surface area contributed by atoms with Gasteiger partial charge in [0.15, 0.2) is 0 Å². The SMILES string of the molecule is CCN1CCN(c2ccc(Oc3cc(-c4c(C)cccc4C)nc(NS(=O)(=O)c4cnn(C)c4)n3)cc2)CC1. The molecule has 3 heterocycles. The fraction of sp³-hybridized carbons (Fsp3) is 0.321. The molecule has 39 heavy (non-hydrogen) atoms. The Balaban J connectivity index is 1.44. The molecule has 11 heteroatoms. The van der Waals surface area contributed by atoms with Crippen molar-refractivity contribution in [3.8, 4) is 22.9 Å². The maximum atomic E-state index is 13.0. The molecule has 0 amide bonds. The van der Waals surface area contributed by atoms with Gasteiger partial charge in [0.1, 0.15) is 10.6 Å². The molecule has 0 bridgehead atoms. The summed E-state index contributed by atoms with van der Waals surface area (Å²) < 4.78 is 36.0. The number of ether oxygens (including phenoxy) is 1. The van der Waals surface area contributed by atoms with Crippen molar-refractivity contribution in [2.24, 2.45) is 7.05 Å². The minimum atomic E-state index is -3.95. The van der Waals surface area contributed by atoms with Gasteiger partial charge >= 0.3 is 0 Å². The number of aromatic nitrogens is 4. The average molecular weight is 548 g/mol. The summed E-state index contributed by atoms with van der Waals surface area (Å²) in [7, 11) is -2.30.